The van der Waals surface area contributed by atoms with Crippen molar-refractivity contribution in [2.24, 2.45) is 5.84 Å². The molecule has 3 nitrogen and oxygen atoms in total. The second kappa shape index (κ2) is 6.12. The van der Waals surface area contributed by atoms with Gasteiger partial charge in [-0.05, 0) is 47.5 Å². The first kappa shape index (κ1) is 14.5. The molecule has 1 unspecified atom stereocenters. The molecule has 0 saturated heterocycles. The van der Waals surface area contributed by atoms with E-state index in [0.717, 1.165) is 26.5 Å². The molecule has 0 bridgehead atoms. The molecular formula is C16H13BrClN3. The van der Waals surface area contributed by atoms with Gasteiger partial charge in [0.25, 0.3) is 0 Å². The minimum atomic E-state index is -0.181. The van der Waals surface area contributed by atoms with E-state index in [1.807, 2.05) is 42.5 Å². The predicted octanol–water partition coefficient (Wildman–Crippen LogP) is 4.20. The number of pyridine rings is 1. The highest BCUT2D eigenvalue weighted by Crippen LogP contribution is 2.31. The SMILES string of the molecule is NNC(c1ccc2ncccc2c1)c1cc(Br)ccc1Cl. The van der Waals surface area contributed by atoms with Crippen molar-refractivity contribution in [3.63, 3.8) is 0 Å². The molecule has 3 rings (SSSR count). The van der Waals surface area contributed by atoms with E-state index < -0.39 is 0 Å². The van der Waals surface area contributed by atoms with Crippen molar-refractivity contribution >= 4 is 38.4 Å². The lowest BCUT2D eigenvalue weighted by Crippen LogP contribution is -2.29. The van der Waals surface area contributed by atoms with Crippen LogP contribution in [0.2, 0.25) is 5.02 Å². The predicted molar refractivity (Wildman–Crippen MR) is 90.1 cm³/mol. The van der Waals surface area contributed by atoms with Crippen LogP contribution in [0.15, 0.2) is 59.2 Å². The van der Waals surface area contributed by atoms with Crippen LogP contribution in [-0.4, -0.2) is 4.98 Å². The number of hydrogen-bond donors (Lipinski definition) is 2. The zero-order valence-electron chi connectivity index (χ0n) is 11.1. The van der Waals surface area contributed by atoms with Gasteiger partial charge in [0.1, 0.15) is 0 Å². The quantitative estimate of drug-likeness (QED) is 0.542. The minimum absolute atomic E-state index is 0.181. The van der Waals surface area contributed by atoms with Crippen LogP contribution in [0.1, 0.15) is 17.2 Å². The summed E-state index contributed by atoms with van der Waals surface area (Å²) in [6.07, 6.45) is 1.78. The van der Waals surface area contributed by atoms with E-state index in [9.17, 15) is 0 Å². The highest BCUT2D eigenvalue weighted by Gasteiger charge is 2.16. The van der Waals surface area contributed by atoms with E-state index in [0.29, 0.717) is 5.02 Å². The molecule has 0 radical (unpaired) electrons. The fourth-order valence-corrected chi connectivity index (χ4v) is 2.98. The lowest BCUT2D eigenvalue weighted by Gasteiger charge is -2.19. The molecule has 0 saturated carbocycles. The lowest BCUT2D eigenvalue weighted by atomic mass is 9.98. The molecular weight excluding hydrogens is 350 g/mol. The van der Waals surface area contributed by atoms with Crippen LogP contribution < -0.4 is 11.3 Å². The van der Waals surface area contributed by atoms with Crippen molar-refractivity contribution in [3.05, 3.63) is 75.4 Å². The first-order valence-corrected chi connectivity index (χ1v) is 7.62. The average Bonchev–Trinajstić information content (AvgIpc) is 2.51. The van der Waals surface area contributed by atoms with Crippen LogP contribution >= 0.6 is 27.5 Å². The maximum absolute atomic E-state index is 6.31. The zero-order chi connectivity index (χ0) is 14.8. The van der Waals surface area contributed by atoms with Crippen molar-refractivity contribution in [2.75, 3.05) is 0 Å². The first-order valence-electron chi connectivity index (χ1n) is 6.45. The summed E-state index contributed by atoms with van der Waals surface area (Å²) < 4.78 is 0.963. The zero-order valence-corrected chi connectivity index (χ0v) is 13.4. The maximum Gasteiger partial charge on any atom is 0.0725 e. The van der Waals surface area contributed by atoms with E-state index in [2.05, 4.69) is 32.4 Å². The largest absolute Gasteiger partial charge is 0.271 e. The number of nitrogens with one attached hydrogen (secondary N) is 1. The number of rotatable bonds is 3. The van der Waals surface area contributed by atoms with Crippen LogP contribution in [-0.2, 0) is 0 Å². The first-order chi connectivity index (χ1) is 10.2. The van der Waals surface area contributed by atoms with E-state index in [4.69, 9.17) is 17.4 Å². The third-order valence-electron chi connectivity index (χ3n) is 3.40. The molecule has 3 aromatic rings. The maximum atomic E-state index is 6.31. The van der Waals surface area contributed by atoms with Crippen LogP contribution in [0, 0.1) is 0 Å². The Labute approximate surface area is 136 Å². The molecule has 0 aliphatic heterocycles. The van der Waals surface area contributed by atoms with Crippen molar-refractivity contribution in [3.8, 4) is 0 Å². The Morgan fingerprint density at radius 2 is 2.00 bits per heavy atom. The summed E-state index contributed by atoms with van der Waals surface area (Å²) in [5.41, 5.74) is 5.76. The minimum Gasteiger partial charge on any atom is -0.271 e. The Morgan fingerprint density at radius 1 is 1.14 bits per heavy atom. The van der Waals surface area contributed by atoms with Crippen LogP contribution in [0.25, 0.3) is 10.9 Å². The Kier molecular flexibility index (Phi) is 4.22. The molecule has 1 atom stereocenters. The standard InChI is InChI=1S/C16H13BrClN3/c17-12-4-5-14(18)13(9-12)16(21-19)11-3-6-15-10(8-11)2-1-7-20-15/h1-9,16,21H,19H2. The molecule has 0 aliphatic carbocycles. The van der Waals surface area contributed by atoms with E-state index in [1.54, 1.807) is 6.20 Å². The van der Waals surface area contributed by atoms with Crippen molar-refractivity contribution in [2.45, 2.75) is 6.04 Å². The van der Waals surface area contributed by atoms with Crippen LogP contribution in [0.3, 0.4) is 0 Å². The molecule has 3 N–H and O–H groups in total. The van der Waals surface area contributed by atoms with Gasteiger partial charge < -0.3 is 0 Å². The lowest BCUT2D eigenvalue weighted by molar-refractivity contribution is 0.637. The summed E-state index contributed by atoms with van der Waals surface area (Å²) in [6.45, 7) is 0. The number of benzene rings is 2. The fourth-order valence-electron chi connectivity index (χ4n) is 2.38. The van der Waals surface area contributed by atoms with Gasteiger partial charge in [0.2, 0.25) is 0 Å². The normalized spacial score (nSPS) is 12.5. The van der Waals surface area contributed by atoms with Crippen LogP contribution in [0.5, 0.6) is 0 Å². The van der Waals surface area contributed by atoms with Gasteiger partial charge in [0, 0.05) is 21.1 Å². The third-order valence-corrected chi connectivity index (χ3v) is 4.23. The smallest absolute Gasteiger partial charge is 0.0725 e. The molecule has 1 heterocycles. The second-order valence-corrected chi connectivity index (χ2v) is 6.04. The van der Waals surface area contributed by atoms with Gasteiger partial charge in [-0.1, -0.05) is 39.7 Å². The van der Waals surface area contributed by atoms with Crippen molar-refractivity contribution in [1.82, 2.24) is 10.4 Å². The highest BCUT2D eigenvalue weighted by molar-refractivity contribution is 9.10. The van der Waals surface area contributed by atoms with Gasteiger partial charge in [-0.2, -0.15) is 0 Å². The molecule has 0 spiro atoms. The molecule has 0 aliphatic rings. The molecule has 5 heteroatoms. The van der Waals surface area contributed by atoms with Crippen molar-refractivity contribution < 1.29 is 0 Å². The van der Waals surface area contributed by atoms with E-state index in [1.165, 1.54) is 0 Å². The number of hydrogen-bond acceptors (Lipinski definition) is 3. The summed E-state index contributed by atoms with van der Waals surface area (Å²) in [6, 6.07) is 15.6. The summed E-state index contributed by atoms with van der Waals surface area (Å²) in [4.78, 5) is 4.33. The average molecular weight is 363 g/mol. The van der Waals surface area contributed by atoms with Crippen LogP contribution in [0.4, 0.5) is 0 Å². The molecule has 0 amide bonds. The van der Waals surface area contributed by atoms with Gasteiger partial charge in [-0.15, -0.1) is 0 Å². The number of nitrogens with two attached hydrogens (primary N) is 1. The molecule has 106 valence electrons. The topological polar surface area (TPSA) is 50.9 Å². The fraction of sp³-hybridized carbons (Fsp3) is 0.0625. The number of nitrogens with zero attached hydrogens (tertiary/aromatic N) is 1. The highest BCUT2D eigenvalue weighted by atomic mass is 79.9. The Morgan fingerprint density at radius 3 is 2.81 bits per heavy atom. The molecule has 0 fully saturated rings. The number of fused-ring (bicyclic) bond motifs is 1. The Hall–Kier alpha value is -1.46. The molecule has 2 aromatic carbocycles. The van der Waals surface area contributed by atoms with E-state index >= 15 is 0 Å². The number of hydrazine groups is 1. The van der Waals surface area contributed by atoms with Crippen molar-refractivity contribution in [1.29, 1.82) is 0 Å². The second-order valence-electron chi connectivity index (χ2n) is 4.72. The van der Waals surface area contributed by atoms with Gasteiger partial charge in [0.05, 0.1) is 11.6 Å². The van der Waals surface area contributed by atoms with Gasteiger partial charge >= 0.3 is 0 Å². The van der Waals surface area contributed by atoms with E-state index in [-0.39, 0.29) is 6.04 Å². The van der Waals surface area contributed by atoms with Gasteiger partial charge in [0.15, 0.2) is 0 Å². The van der Waals surface area contributed by atoms with Gasteiger partial charge in [-0.3, -0.25) is 10.8 Å². The summed E-state index contributed by atoms with van der Waals surface area (Å²) in [5, 5.41) is 1.74. The van der Waals surface area contributed by atoms with Gasteiger partial charge in [-0.25, -0.2) is 5.43 Å². The summed E-state index contributed by atoms with van der Waals surface area (Å²) in [7, 11) is 0. The third kappa shape index (κ3) is 2.94. The Balaban J connectivity index is 2.11. The molecule has 1 aromatic heterocycles. The Bertz CT molecular complexity index is 791. The summed E-state index contributed by atoms with van der Waals surface area (Å²) in [5.74, 6) is 5.76. The number of aromatic nitrogens is 1. The summed E-state index contributed by atoms with van der Waals surface area (Å²) >= 11 is 9.78. The number of halogens is 2. The molecule has 21 heavy (non-hydrogen) atoms. The monoisotopic (exact) mass is 361 g/mol.